The van der Waals surface area contributed by atoms with Gasteiger partial charge in [0.2, 0.25) is 5.91 Å². The van der Waals surface area contributed by atoms with E-state index >= 15 is 0 Å². The molecule has 0 radical (unpaired) electrons. The van der Waals surface area contributed by atoms with Crippen molar-refractivity contribution in [1.82, 2.24) is 14.9 Å². The number of rotatable bonds is 6. The van der Waals surface area contributed by atoms with Crippen LogP contribution < -0.4 is 5.32 Å². The number of aromatic nitrogens is 2. The van der Waals surface area contributed by atoms with E-state index < -0.39 is 0 Å². The van der Waals surface area contributed by atoms with Crippen molar-refractivity contribution < 1.29 is 9.59 Å². The van der Waals surface area contributed by atoms with Crippen molar-refractivity contribution in [3.05, 3.63) is 88.5 Å². The average Bonchev–Trinajstić information content (AvgIpc) is 3.30. The van der Waals surface area contributed by atoms with Crippen LogP contribution in [-0.2, 0) is 11.2 Å². The fraction of sp³-hybridized carbons (Fsp3) is 0.280. The topological polar surface area (TPSA) is 75.2 Å². The van der Waals surface area contributed by atoms with Crippen molar-refractivity contribution >= 4 is 29.1 Å². The molecule has 3 aromatic rings. The fourth-order valence-electron chi connectivity index (χ4n) is 3.89. The Labute approximate surface area is 192 Å². The van der Waals surface area contributed by atoms with Gasteiger partial charge in [-0.1, -0.05) is 41.9 Å². The summed E-state index contributed by atoms with van der Waals surface area (Å²) in [5.41, 5.74) is 2.87. The van der Waals surface area contributed by atoms with Gasteiger partial charge in [-0.05, 0) is 49.6 Å². The number of anilines is 1. The molecule has 6 nitrogen and oxygen atoms in total. The molecule has 1 N–H and O–H groups in total. The number of carbonyl (C=O) groups excluding carboxylic acids is 2. The van der Waals surface area contributed by atoms with Gasteiger partial charge in [0.1, 0.15) is 5.82 Å². The molecule has 164 valence electrons. The first-order valence-corrected chi connectivity index (χ1v) is 11.1. The molecule has 0 spiro atoms. The van der Waals surface area contributed by atoms with E-state index in [1.807, 2.05) is 35.2 Å². The Morgan fingerprint density at radius 3 is 2.59 bits per heavy atom. The predicted octanol–water partition coefficient (Wildman–Crippen LogP) is 4.64. The Morgan fingerprint density at radius 1 is 1.12 bits per heavy atom. The second-order valence-corrected chi connectivity index (χ2v) is 8.44. The third-order valence-electron chi connectivity index (χ3n) is 5.72. The number of carbonyl (C=O) groups is 2. The second-order valence-electron chi connectivity index (χ2n) is 8.00. The van der Waals surface area contributed by atoms with E-state index in [9.17, 15) is 9.59 Å². The Balaban J connectivity index is 1.35. The van der Waals surface area contributed by atoms with Gasteiger partial charge in [-0.15, -0.1) is 0 Å². The first kappa shape index (κ1) is 22.0. The third kappa shape index (κ3) is 5.32. The molecular weight excluding hydrogens is 424 g/mol. The number of nitrogens with one attached hydrogen (secondary N) is 1. The van der Waals surface area contributed by atoms with Crippen molar-refractivity contribution in [1.29, 1.82) is 0 Å². The van der Waals surface area contributed by atoms with Crippen LogP contribution >= 0.6 is 11.6 Å². The molecule has 0 bridgehead atoms. The largest absolute Gasteiger partial charge is 0.342 e. The Kier molecular flexibility index (Phi) is 6.81. The van der Waals surface area contributed by atoms with Gasteiger partial charge in [0.15, 0.2) is 0 Å². The van der Waals surface area contributed by atoms with Crippen LogP contribution in [0.2, 0.25) is 5.02 Å². The van der Waals surface area contributed by atoms with Gasteiger partial charge < -0.3 is 10.2 Å². The number of hydrogen-bond donors (Lipinski definition) is 1. The second kappa shape index (κ2) is 9.92. The summed E-state index contributed by atoms with van der Waals surface area (Å²) in [6.45, 7) is 3.13. The lowest BCUT2D eigenvalue weighted by molar-refractivity contribution is -0.130. The molecule has 1 aliphatic rings. The molecule has 2 heterocycles. The van der Waals surface area contributed by atoms with Crippen LogP contribution in [0.3, 0.4) is 0 Å². The standard InChI is InChI=1S/C25H25ClN4O2/c1-17-22(25(32)29-21-10-8-20(26)9-11-21)15-27-24(28-17)19-13-14-30(16-19)23(31)12-7-18-5-3-2-4-6-18/h2-6,8-11,15,19H,7,12-14,16H2,1H3,(H,29,32)/t19-/m1/s1. The fourth-order valence-corrected chi connectivity index (χ4v) is 4.01. The molecule has 1 aromatic heterocycles. The molecule has 0 unspecified atom stereocenters. The summed E-state index contributed by atoms with van der Waals surface area (Å²) in [6, 6.07) is 17.0. The number of amides is 2. The van der Waals surface area contributed by atoms with E-state index in [0.29, 0.717) is 47.3 Å². The lowest BCUT2D eigenvalue weighted by Crippen LogP contribution is -2.28. The summed E-state index contributed by atoms with van der Waals surface area (Å²) >= 11 is 5.89. The van der Waals surface area contributed by atoms with Gasteiger partial charge in [0.05, 0.1) is 11.3 Å². The molecule has 1 aliphatic heterocycles. The van der Waals surface area contributed by atoms with E-state index in [-0.39, 0.29) is 17.7 Å². The lowest BCUT2D eigenvalue weighted by Gasteiger charge is -2.16. The normalized spacial score (nSPS) is 15.6. The van der Waals surface area contributed by atoms with E-state index in [4.69, 9.17) is 11.6 Å². The SMILES string of the molecule is Cc1nc([C@@H]2CCN(C(=O)CCc3ccccc3)C2)ncc1C(=O)Nc1ccc(Cl)cc1. The van der Waals surface area contributed by atoms with Crippen LogP contribution in [0.1, 0.15) is 46.2 Å². The minimum Gasteiger partial charge on any atom is -0.342 e. The molecule has 1 saturated heterocycles. The van der Waals surface area contributed by atoms with Crippen molar-refractivity contribution in [2.24, 2.45) is 0 Å². The van der Waals surface area contributed by atoms with Gasteiger partial charge in [0, 0.05) is 42.3 Å². The first-order chi connectivity index (χ1) is 15.5. The average molecular weight is 449 g/mol. The van der Waals surface area contributed by atoms with Crippen LogP contribution in [0.4, 0.5) is 5.69 Å². The van der Waals surface area contributed by atoms with Crippen LogP contribution in [0.5, 0.6) is 0 Å². The summed E-state index contributed by atoms with van der Waals surface area (Å²) in [5, 5.41) is 3.44. The van der Waals surface area contributed by atoms with Crippen LogP contribution in [-0.4, -0.2) is 39.8 Å². The van der Waals surface area contributed by atoms with Crippen molar-refractivity contribution in [2.45, 2.75) is 32.1 Å². The highest BCUT2D eigenvalue weighted by molar-refractivity contribution is 6.30. The maximum absolute atomic E-state index is 12.6. The Bertz CT molecular complexity index is 1100. The molecule has 2 amide bonds. The molecule has 4 rings (SSSR count). The maximum atomic E-state index is 12.6. The Morgan fingerprint density at radius 2 is 1.88 bits per heavy atom. The van der Waals surface area contributed by atoms with Crippen LogP contribution in [0.25, 0.3) is 0 Å². The molecule has 1 fully saturated rings. The minimum absolute atomic E-state index is 0.0859. The Hall–Kier alpha value is -3.25. The van der Waals surface area contributed by atoms with E-state index in [0.717, 1.165) is 12.8 Å². The zero-order chi connectivity index (χ0) is 22.5. The first-order valence-electron chi connectivity index (χ1n) is 10.7. The lowest BCUT2D eigenvalue weighted by atomic mass is 10.1. The summed E-state index contributed by atoms with van der Waals surface area (Å²) < 4.78 is 0. The van der Waals surface area contributed by atoms with Crippen molar-refractivity contribution in [2.75, 3.05) is 18.4 Å². The molecule has 1 atom stereocenters. The van der Waals surface area contributed by atoms with Gasteiger partial charge >= 0.3 is 0 Å². The monoisotopic (exact) mass is 448 g/mol. The predicted molar refractivity (Wildman–Crippen MR) is 125 cm³/mol. The van der Waals surface area contributed by atoms with Gasteiger partial charge in [0.25, 0.3) is 5.91 Å². The van der Waals surface area contributed by atoms with Crippen molar-refractivity contribution in [3.8, 4) is 0 Å². The number of hydrogen-bond acceptors (Lipinski definition) is 4. The quantitative estimate of drug-likeness (QED) is 0.596. The minimum atomic E-state index is -0.263. The van der Waals surface area contributed by atoms with Crippen LogP contribution in [0.15, 0.2) is 60.8 Å². The molecule has 32 heavy (non-hydrogen) atoms. The number of benzene rings is 2. The van der Waals surface area contributed by atoms with Gasteiger partial charge in [-0.3, -0.25) is 9.59 Å². The molecule has 0 aliphatic carbocycles. The zero-order valence-corrected chi connectivity index (χ0v) is 18.7. The van der Waals surface area contributed by atoms with Gasteiger partial charge in [-0.25, -0.2) is 9.97 Å². The molecular formula is C25H25ClN4O2. The summed E-state index contributed by atoms with van der Waals surface area (Å²) in [5.74, 6) is 0.666. The summed E-state index contributed by atoms with van der Waals surface area (Å²) in [4.78, 5) is 36.2. The number of nitrogens with zero attached hydrogens (tertiary/aromatic N) is 3. The van der Waals surface area contributed by atoms with Gasteiger partial charge in [-0.2, -0.15) is 0 Å². The van der Waals surface area contributed by atoms with E-state index in [1.54, 1.807) is 37.4 Å². The number of halogens is 1. The smallest absolute Gasteiger partial charge is 0.259 e. The zero-order valence-electron chi connectivity index (χ0n) is 17.9. The van der Waals surface area contributed by atoms with Crippen LogP contribution in [0, 0.1) is 6.92 Å². The molecule has 2 aromatic carbocycles. The summed E-state index contributed by atoms with van der Waals surface area (Å²) in [6.07, 6.45) is 3.64. The maximum Gasteiger partial charge on any atom is 0.259 e. The molecule has 7 heteroatoms. The highest BCUT2D eigenvalue weighted by Gasteiger charge is 2.29. The van der Waals surface area contributed by atoms with Crippen molar-refractivity contribution in [3.63, 3.8) is 0 Å². The number of likely N-dealkylation sites (tertiary alicyclic amines) is 1. The summed E-state index contributed by atoms with van der Waals surface area (Å²) in [7, 11) is 0. The highest BCUT2D eigenvalue weighted by atomic mass is 35.5. The highest BCUT2D eigenvalue weighted by Crippen LogP contribution is 2.26. The number of aryl methyl sites for hydroxylation is 2. The van der Waals surface area contributed by atoms with E-state index in [1.165, 1.54) is 5.56 Å². The molecule has 0 saturated carbocycles. The third-order valence-corrected chi connectivity index (χ3v) is 5.97. The van der Waals surface area contributed by atoms with E-state index in [2.05, 4.69) is 15.3 Å².